The summed E-state index contributed by atoms with van der Waals surface area (Å²) in [6.07, 6.45) is 1.06. The second kappa shape index (κ2) is 5.56. The Balaban J connectivity index is 2.56. The van der Waals surface area contributed by atoms with Crippen molar-refractivity contribution in [2.45, 2.75) is 13.8 Å². The fraction of sp³-hybridized carbons (Fsp3) is 0.214. The fourth-order valence-electron chi connectivity index (χ4n) is 1.91. The molecule has 0 radical (unpaired) electrons. The molecule has 20 heavy (non-hydrogen) atoms. The molecule has 2 aromatic rings. The lowest BCUT2D eigenvalue weighted by molar-refractivity contribution is 0.0697. The lowest BCUT2D eigenvalue weighted by atomic mass is 10.0. The van der Waals surface area contributed by atoms with Crippen LogP contribution in [0.1, 0.15) is 22.8 Å². The first kappa shape index (κ1) is 13.8. The Kier molecular flexibility index (Phi) is 3.84. The molecule has 0 atom stereocenters. The number of nitrogens with one attached hydrogen (secondary N) is 1. The molecule has 6 nitrogen and oxygen atoms in total. The van der Waals surface area contributed by atoms with Crippen LogP contribution in [0, 0.1) is 6.92 Å². The Morgan fingerprint density at radius 2 is 2.20 bits per heavy atom. The van der Waals surface area contributed by atoms with Crippen molar-refractivity contribution >= 4 is 5.97 Å². The van der Waals surface area contributed by atoms with Crippen molar-refractivity contribution < 1.29 is 14.6 Å². The summed E-state index contributed by atoms with van der Waals surface area (Å²) in [4.78, 5) is 28.4. The van der Waals surface area contributed by atoms with Gasteiger partial charge >= 0.3 is 11.7 Å². The zero-order chi connectivity index (χ0) is 14.7. The van der Waals surface area contributed by atoms with E-state index in [9.17, 15) is 9.59 Å². The third-order valence-corrected chi connectivity index (χ3v) is 2.81. The third kappa shape index (κ3) is 2.69. The molecule has 0 aliphatic rings. The molecule has 6 heteroatoms. The summed E-state index contributed by atoms with van der Waals surface area (Å²) in [6, 6.07) is 5.22. The van der Waals surface area contributed by atoms with Gasteiger partial charge in [-0.25, -0.2) is 14.6 Å². The normalized spacial score (nSPS) is 10.3. The maximum atomic E-state index is 11.3. The van der Waals surface area contributed by atoms with Crippen LogP contribution < -0.4 is 10.4 Å². The first-order chi connectivity index (χ1) is 9.52. The summed E-state index contributed by atoms with van der Waals surface area (Å²) in [5.41, 5.74) is 1.06. The van der Waals surface area contributed by atoms with Gasteiger partial charge in [-0.2, -0.15) is 0 Å². The first-order valence-electron chi connectivity index (χ1n) is 6.09. The Hall–Kier alpha value is -2.63. The minimum Gasteiger partial charge on any atom is -0.494 e. The quantitative estimate of drug-likeness (QED) is 0.887. The van der Waals surface area contributed by atoms with E-state index in [1.807, 2.05) is 13.8 Å². The minimum atomic E-state index is -1.14. The standard InChI is InChI=1S/C14H14N2O4/c1-3-20-11-5-4-9(6-8(11)2)12-10(13(17)18)7-15-14(19)16-12/h4-7H,3H2,1-2H3,(H,17,18)(H,15,16,19). The molecule has 2 rings (SSSR count). The number of aromatic carboxylic acids is 1. The van der Waals surface area contributed by atoms with Crippen molar-refractivity contribution in [1.29, 1.82) is 0 Å². The van der Waals surface area contributed by atoms with Crippen LogP contribution in [0.25, 0.3) is 11.3 Å². The predicted molar refractivity (Wildman–Crippen MR) is 73.2 cm³/mol. The average molecular weight is 274 g/mol. The molecule has 2 N–H and O–H groups in total. The van der Waals surface area contributed by atoms with Crippen molar-refractivity contribution in [3.8, 4) is 17.0 Å². The van der Waals surface area contributed by atoms with Crippen LogP contribution in [0.2, 0.25) is 0 Å². The second-order valence-corrected chi connectivity index (χ2v) is 4.20. The maximum Gasteiger partial charge on any atom is 0.345 e. The Bertz CT molecular complexity index is 707. The van der Waals surface area contributed by atoms with Gasteiger partial charge in [0, 0.05) is 6.20 Å². The molecule has 0 saturated carbocycles. The molecular formula is C14H14N2O4. The average Bonchev–Trinajstić information content (AvgIpc) is 2.40. The van der Waals surface area contributed by atoms with E-state index < -0.39 is 11.7 Å². The number of hydrogen-bond acceptors (Lipinski definition) is 4. The number of benzene rings is 1. The fourth-order valence-corrected chi connectivity index (χ4v) is 1.91. The van der Waals surface area contributed by atoms with E-state index in [-0.39, 0.29) is 11.3 Å². The molecule has 1 aromatic heterocycles. The van der Waals surface area contributed by atoms with Crippen LogP contribution in [0.4, 0.5) is 0 Å². The van der Waals surface area contributed by atoms with Crippen LogP contribution in [0.3, 0.4) is 0 Å². The van der Waals surface area contributed by atoms with E-state index >= 15 is 0 Å². The topological polar surface area (TPSA) is 92.3 Å². The second-order valence-electron chi connectivity index (χ2n) is 4.20. The van der Waals surface area contributed by atoms with Gasteiger partial charge in [0.15, 0.2) is 0 Å². The zero-order valence-corrected chi connectivity index (χ0v) is 11.1. The van der Waals surface area contributed by atoms with Gasteiger partial charge in [0.1, 0.15) is 11.3 Å². The molecule has 0 fully saturated rings. The van der Waals surface area contributed by atoms with E-state index in [1.165, 1.54) is 0 Å². The monoisotopic (exact) mass is 274 g/mol. The van der Waals surface area contributed by atoms with Crippen LogP contribution in [0.15, 0.2) is 29.2 Å². The summed E-state index contributed by atoms with van der Waals surface area (Å²) in [6.45, 7) is 4.29. The van der Waals surface area contributed by atoms with Crippen LogP contribution >= 0.6 is 0 Å². The predicted octanol–water partition coefficient (Wildman–Crippen LogP) is 1.84. The molecule has 1 aromatic carbocycles. The lowest BCUT2D eigenvalue weighted by Gasteiger charge is -2.10. The SMILES string of the molecule is CCOc1ccc(-c2[nH]c(=O)ncc2C(=O)O)cc1C. The molecule has 0 unspecified atom stereocenters. The summed E-state index contributed by atoms with van der Waals surface area (Å²) in [5, 5.41) is 9.14. The largest absolute Gasteiger partial charge is 0.494 e. The number of ether oxygens (including phenoxy) is 1. The van der Waals surface area contributed by atoms with E-state index in [0.29, 0.717) is 12.2 Å². The number of aryl methyl sites for hydroxylation is 1. The number of carbonyl (C=O) groups is 1. The van der Waals surface area contributed by atoms with Crippen molar-refractivity contribution in [2.75, 3.05) is 6.61 Å². The molecule has 0 amide bonds. The van der Waals surface area contributed by atoms with Crippen LogP contribution in [-0.2, 0) is 0 Å². The van der Waals surface area contributed by atoms with E-state index in [0.717, 1.165) is 17.5 Å². The Morgan fingerprint density at radius 1 is 1.45 bits per heavy atom. The number of carboxylic acids is 1. The highest BCUT2D eigenvalue weighted by Crippen LogP contribution is 2.26. The van der Waals surface area contributed by atoms with Crippen LogP contribution in [-0.4, -0.2) is 27.7 Å². The van der Waals surface area contributed by atoms with Gasteiger partial charge in [-0.15, -0.1) is 0 Å². The highest BCUT2D eigenvalue weighted by molar-refractivity contribution is 5.94. The number of aromatic nitrogens is 2. The van der Waals surface area contributed by atoms with Crippen LogP contribution in [0.5, 0.6) is 5.75 Å². The minimum absolute atomic E-state index is 0.0480. The highest BCUT2D eigenvalue weighted by Gasteiger charge is 2.14. The van der Waals surface area contributed by atoms with E-state index in [1.54, 1.807) is 18.2 Å². The lowest BCUT2D eigenvalue weighted by Crippen LogP contribution is -2.15. The third-order valence-electron chi connectivity index (χ3n) is 2.81. The highest BCUT2D eigenvalue weighted by atomic mass is 16.5. The summed E-state index contributed by atoms with van der Waals surface area (Å²) < 4.78 is 5.43. The van der Waals surface area contributed by atoms with Gasteiger partial charge in [-0.1, -0.05) is 0 Å². The molecular weight excluding hydrogens is 260 g/mol. The van der Waals surface area contributed by atoms with Crippen molar-refractivity contribution in [1.82, 2.24) is 9.97 Å². The number of nitrogens with zero attached hydrogens (tertiary/aromatic N) is 1. The van der Waals surface area contributed by atoms with Gasteiger partial charge < -0.3 is 14.8 Å². The molecule has 1 heterocycles. The number of hydrogen-bond donors (Lipinski definition) is 2. The number of carboxylic acid groups (broad SMARTS) is 1. The van der Waals surface area contributed by atoms with Crippen molar-refractivity contribution in [3.63, 3.8) is 0 Å². The van der Waals surface area contributed by atoms with Gasteiger partial charge in [-0.3, -0.25) is 0 Å². The molecule has 0 aliphatic carbocycles. The van der Waals surface area contributed by atoms with Gasteiger partial charge in [0.05, 0.1) is 12.3 Å². The van der Waals surface area contributed by atoms with E-state index in [2.05, 4.69) is 9.97 Å². The van der Waals surface area contributed by atoms with Gasteiger partial charge in [0.25, 0.3) is 0 Å². The van der Waals surface area contributed by atoms with Crippen molar-refractivity contribution in [3.05, 3.63) is 46.0 Å². The summed E-state index contributed by atoms with van der Waals surface area (Å²) in [5.74, 6) is -0.417. The number of rotatable bonds is 4. The van der Waals surface area contributed by atoms with E-state index in [4.69, 9.17) is 9.84 Å². The molecule has 0 saturated heterocycles. The number of H-pyrrole nitrogens is 1. The zero-order valence-electron chi connectivity index (χ0n) is 11.1. The smallest absolute Gasteiger partial charge is 0.345 e. The Morgan fingerprint density at radius 3 is 2.80 bits per heavy atom. The van der Waals surface area contributed by atoms with Crippen molar-refractivity contribution in [2.24, 2.45) is 0 Å². The van der Waals surface area contributed by atoms with Gasteiger partial charge in [-0.05, 0) is 43.2 Å². The summed E-state index contributed by atoms with van der Waals surface area (Å²) >= 11 is 0. The molecule has 104 valence electrons. The Labute approximate surface area is 115 Å². The molecule has 0 spiro atoms. The summed E-state index contributed by atoms with van der Waals surface area (Å²) in [7, 11) is 0. The number of aromatic amines is 1. The first-order valence-corrected chi connectivity index (χ1v) is 6.09. The van der Waals surface area contributed by atoms with Gasteiger partial charge in [0.2, 0.25) is 0 Å². The molecule has 0 aliphatic heterocycles. The molecule has 0 bridgehead atoms. The maximum absolute atomic E-state index is 11.3.